The minimum Gasteiger partial charge on any atom is -0.399 e. The third-order valence-corrected chi connectivity index (χ3v) is 3.42. The highest BCUT2D eigenvalue weighted by molar-refractivity contribution is 5.82. The van der Waals surface area contributed by atoms with Crippen molar-refractivity contribution in [1.29, 1.82) is 0 Å². The molecule has 0 bridgehead atoms. The quantitative estimate of drug-likeness (QED) is 0.562. The van der Waals surface area contributed by atoms with Crippen molar-refractivity contribution >= 4 is 23.0 Å². The lowest BCUT2D eigenvalue weighted by atomic mass is 10.2. The SMILES string of the molecule is Cc1nc2ccccc2c(=O)n1OCC(=O)NN=Cc1ccccc1. The van der Waals surface area contributed by atoms with E-state index in [4.69, 9.17) is 4.84 Å². The van der Waals surface area contributed by atoms with Gasteiger partial charge in [0.05, 0.1) is 17.1 Å². The van der Waals surface area contributed by atoms with Crippen LogP contribution in [0.1, 0.15) is 11.4 Å². The number of fused-ring (bicyclic) bond motifs is 1. The maximum absolute atomic E-state index is 12.4. The molecule has 3 rings (SSSR count). The van der Waals surface area contributed by atoms with Gasteiger partial charge in [0, 0.05) is 0 Å². The summed E-state index contributed by atoms with van der Waals surface area (Å²) in [7, 11) is 0. The highest BCUT2D eigenvalue weighted by Gasteiger charge is 2.10. The van der Waals surface area contributed by atoms with Crippen LogP contribution < -0.4 is 15.8 Å². The Bertz CT molecular complexity index is 981. The van der Waals surface area contributed by atoms with Gasteiger partial charge in [-0.15, -0.1) is 4.73 Å². The molecule has 0 saturated carbocycles. The van der Waals surface area contributed by atoms with E-state index in [9.17, 15) is 9.59 Å². The van der Waals surface area contributed by atoms with Gasteiger partial charge >= 0.3 is 0 Å². The predicted octanol–water partition coefficient (Wildman–Crippen LogP) is 1.28. The molecule has 0 fully saturated rings. The number of para-hydroxylation sites is 1. The fraction of sp³-hybridized carbons (Fsp3) is 0.111. The van der Waals surface area contributed by atoms with Crippen LogP contribution in [0.25, 0.3) is 10.9 Å². The molecule has 0 radical (unpaired) electrons. The van der Waals surface area contributed by atoms with Gasteiger partial charge in [0.15, 0.2) is 6.61 Å². The van der Waals surface area contributed by atoms with E-state index in [1.165, 1.54) is 6.21 Å². The summed E-state index contributed by atoms with van der Waals surface area (Å²) in [6.45, 7) is 1.28. The van der Waals surface area contributed by atoms with E-state index in [1.807, 2.05) is 30.3 Å². The molecule has 0 unspecified atom stereocenters. The standard InChI is InChI=1S/C18H16N4O3/c1-13-20-16-10-6-5-9-15(16)18(24)22(13)25-12-17(23)21-19-11-14-7-3-2-4-8-14/h2-11H,12H2,1H3,(H,21,23). The molecule has 2 aromatic carbocycles. The number of carbonyl (C=O) groups excluding carboxylic acids is 1. The molecule has 0 aliphatic rings. The molecule has 0 aliphatic heterocycles. The van der Waals surface area contributed by atoms with Gasteiger partial charge in [0.2, 0.25) is 0 Å². The van der Waals surface area contributed by atoms with Gasteiger partial charge < -0.3 is 4.84 Å². The average Bonchev–Trinajstić information content (AvgIpc) is 2.62. The van der Waals surface area contributed by atoms with Crippen molar-refractivity contribution in [3.63, 3.8) is 0 Å². The summed E-state index contributed by atoms with van der Waals surface area (Å²) in [4.78, 5) is 33.8. The summed E-state index contributed by atoms with van der Waals surface area (Å²) < 4.78 is 1.02. The molecule has 25 heavy (non-hydrogen) atoms. The lowest BCUT2D eigenvalue weighted by molar-refractivity contribution is -0.126. The zero-order valence-corrected chi connectivity index (χ0v) is 13.5. The second kappa shape index (κ2) is 7.39. The Morgan fingerprint density at radius 2 is 1.92 bits per heavy atom. The minimum atomic E-state index is -0.480. The van der Waals surface area contributed by atoms with Crippen LogP contribution in [0.4, 0.5) is 0 Å². The number of hydrazone groups is 1. The number of hydrogen-bond donors (Lipinski definition) is 1. The van der Waals surface area contributed by atoms with E-state index in [0.29, 0.717) is 16.7 Å². The van der Waals surface area contributed by atoms with Crippen LogP contribution in [0.2, 0.25) is 0 Å². The van der Waals surface area contributed by atoms with E-state index >= 15 is 0 Å². The molecule has 1 aromatic heterocycles. The number of aromatic nitrogens is 2. The number of nitrogens with one attached hydrogen (secondary N) is 1. The largest absolute Gasteiger partial charge is 0.399 e. The number of carbonyl (C=O) groups is 1. The van der Waals surface area contributed by atoms with Crippen LogP contribution >= 0.6 is 0 Å². The van der Waals surface area contributed by atoms with Gasteiger partial charge in [-0.3, -0.25) is 9.59 Å². The summed E-state index contributed by atoms with van der Waals surface area (Å²) in [5.74, 6) is -0.115. The summed E-state index contributed by atoms with van der Waals surface area (Å²) in [5.41, 5.74) is 3.43. The molecule has 1 heterocycles. The Morgan fingerprint density at radius 1 is 1.20 bits per heavy atom. The summed E-state index contributed by atoms with van der Waals surface area (Å²) in [6.07, 6.45) is 1.52. The Morgan fingerprint density at radius 3 is 2.72 bits per heavy atom. The average molecular weight is 336 g/mol. The summed E-state index contributed by atoms with van der Waals surface area (Å²) in [6, 6.07) is 16.3. The Kier molecular flexibility index (Phi) is 4.84. The molecule has 0 aliphatic carbocycles. The second-order valence-electron chi connectivity index (χ2n) is 5.25. The van der Waals surface area contributed by atoms with Crippen molar-refractivity contribution in [2.45, 2.75) is 6.92 Å². The Balaban J connectivity index is 1.65. The minimum absolute atomic E-state index is 0.354. The smallest absolute Gasteiger partial charge is 0.294 e. The van der Waals surface area contributed by atoms with Gasteiger partial charge in [0.25, 0.3) is 11.5 Å². The first-order valence-corrected chi connectivity index (χ1v) is 7.64. The fourth-order valence-corrected chi connectivity index (χ4v) is 2.25. The van der Waals surface area contributed by atoms with Gasteiger partial charge in [-0.05, 0) is 24.6 Å². The van der Waals surface area contributed by atoms with Crippen molar-refractivity contribution in [1.82, 2.24) is 15.1 Å². The van der Waals surface area contributed by atoms with Crippen LogP contribution in [0.15, 0.2) is 64.5 Å². The Hall–Kier alpha value is -3.48. The monoisotopic (exact) mass is 336 g/mol. The van der Waals surface area contributed by atoms with Gasteiger partial charge in [0.1, 0.15) is 5.82 Å². The van der Waals surface area contributed by atoms with Crippen LogP contribution in [0, 0.1) is 6.92 Å². The molecular weight excluding hydrogens is 320 g/mol. The molecule has 0 spiro atoms. The molecule has 126 valence electrons. The topological polar surface area (TPSA) is 85.6 Å². The first-order chi connectivity index (χ1) is 12.1. The molecule has 0 saturated heterocycles. The highest BCUT2D eigenvalue weighted by atomic mass is 16.7. The zero-order chi connectivity index (χ0) is 17.6. The molecule has 7 heteroatoms. The van der Waals surface area contributed by atoms with Crippen molar-refractivity contribution in [3.05, 3.63) is 76.3 Å². The second-order valence-corrected chi connectivity index (χ2v) is 5.25. The van der Waals surface area contributed by atoms with E-state index in [1.54, 1.807) is 31.2 Å². The van der Waals surface area contributed by atoms with Crippen LogP contribution in [-0.2, 0) is 4.79 Å². The molecule has 1 amide bonds. The number of aryl methyl sites for hydroxylation is 1. The fourth-order valence-electron chi connectivity index (χ4n) is 2.25. The third kappa shape index (κ3) is 3.89. The maximum Gasteiger partial charge on any atom is 0.294 e. The summed E-state index contributed by atoms with van der Waals surface area (Å²) in [5, 5.41) is 4.27. The number of hydrogen-bond acceptors (Lipinski definition) is 5. The number of rotatable bonds is 5. The normalized spacial score (nSPS) is 10.9. The maximum atomic E-state index is 12.4. The van der Waals surface area contributed by atoms with Crippen molar-refractivity contribution in [2.24, 2.45) is 5.10 Å². The van der Waals surface area contributed by atoms with Crippen LogP contribution in [-0.4, -0.2) is 28.4 Å². The van der Waals surface area contributed by atoms with E-state index in [2.05, 4.69) is 15.5 Å². The molecular formula is C18H16N4O3. The lowest BCUT2D eigenvalue weighted by Crippen LogP contribution is -2.35. The van der Waals surface area contributed by atoms with Crippen molar-refractivity contribution < 1.29 is 9.63 Å². The lowest BCUT2D eigenvalue weighted by Gasteiger charge is -2.11. The highest BCUT2D eigenvalue weighted by Crippen LogP contribution is 2.06. The van der Waals surface area contributed by atoms with Crippen molar-refractivity contribution in [2.75, 3.05) is 6.61 Å². The van der Waals surface area contributed by atoms with Crippen LogP contribution in [0.3, 0.4) is 0 Å². The van der Waals surface area contributed by atoms with Gasteiger partial charge in [-0.25, -0.2) is 10.4 Å². The summed E-state index contributed by atoms with van der Waals surface area (Å²) >= 11 is 0. The first kappa shape index (κ1) is 16.4. The molecule has 1 N–H and O–H groups in total. The van der Waals surface area contributed by atoms with E-state index in [-0.39, 0.29) is 12.2 Å². The zero-order valence-electron chi connectivity index (χ0n) is 13.5. The molecule has 3 aromatic rings. The molecule has 0 atom stereocenters. The van der Waals surface area contributed by atoms with Gasteiger partial charge in [-0.2, -0.15) is 5.10 Å². The van der Waals surface area contributed by atoms with Gasteiger partial charge in [-0.1, -0.05) is 42.5 Å². The predicted molar refractivity (Wildman–Crippen MR) is 94.4 cm³/mol. The third-order valence-electron chi connectivity index (χ3n) is 3.42. The number of nitrogens with zero attached hydrogens (tertiary/aromatic N) is 3. The van der Waals surface area contributed by atoms with E-state index < -0.39 is 5.91 Å². The Labute approximate surface area is 143 Å². The van der Waals surface area contributed by atoms with E-state index in [0.717, 1.165) is 10.3 Å². The first-order valence-electron chi connectivity index (χ1n) is 7.64. The number of benzene rings is 2. The van der Waals surface area contributed by atoms with Crippen LogP contribution in [0.5, 0.6) is 0 Å². The number of amides is 1. The molecule has 7 nitrogen and oxygen atoms in total. The van der Waals surface area contributed by atoms with Crippen molar-refractivity contribution in [3.8, 4) is 0 Å².